The van der Waals surface area contributed by atoms with Crippen LogP contribution in [0.3, 0.4) is 0 Å². The summed E-state index contributed by atoms with van der Waals surface area (Å²) in [6.07, 6.45) is 2.85. The number of Topliss-reactive ketones (excluding diaryl/α,β-unsaturated/α-hetero) is 2. The molecular formula is C81H139N13O27S. The number of nitrogens with one attached hydrogen (secondary N) is 9. The lowest BCUT2D eigenvalue weighted by molar-refractivity contribution is -0.141. The molecule has 1 unspecified atom stereocenters. The van der Waals surface area contributed by atoms with Crippen LogP contribution >= 0.6 is 11.8 Å². The van der Waals surface area contributed by atoms with Crippen LogP contribution < -0.4 is 59.3 Å². The Kier molecular flexibility index (Phi) is 62.7. The molecule has 0 aromatic heterocycles. The van der Waals surface area contributed by atoms with Crippen LogP contribution in [0.15, 0.2) is 29.3 Å². The first-order valence-electron chi connectivity index (χ1n) is 42.5. The van der Waals surface area contributed by atoms with Crippen molar-refractivity contribution < 1.29 is 129 Å². The molecule has 2 fully saturated rings. The summed E-state index contributed by atoms with van der Waals surface area (Å²) in [6.45, 7) is 19.2. The van der Waals surface area contributed by atoms with Crippen LogP contribution in [-0.2, 0) is 126 Å². The average molecular weight is 1760 g/mol. The van der Waals surface area contributed by atoms with E-state index < -0.39 is 84.1 Å². The zero-order valence-electron chi connectivity index (χ0n) is 71.8. The van der Waals surface area contributed by atoms with E-state index >= 15 is 0 Å². The number of aliphatic carboxylic acids is 1. The molecule has 0 radical (unpaired) electrons. The number of phenols is 1. The zero-order valence-corrected chi connectivity index (χ0v) is 72.7. The molecule has 2 aliphatic heterocycles. The predicted octanol–water partition coefficient (Wildman–Crippen LogP) is -1.26. The van der Waals surface area contributed by atoms with Crippen LogP contribution in [-0.4, -0.2) is 357 Å². The Hall–Kier alpha value is -7.72. The van der Waals surface area contributed by atoms with Crippen molar-refractivity contribution in [3.8, 4) is 5.75 Å². The number of carbonyl (C=O) groups is 12. The molecule has 122 heavy (non-hydrogen) atoms. The van der Waals surface area contributed by atoms with Gasteiger partial charge < -0.3 is 131 Å². The Morgan fingerprint density at radius 1 is 0.516 bits per heavy atom. The molecule has 6 atom stereocenters. The summed E-state index contributed by atoms with van der Waals surface area (Å²) in [6, 6.07) is 2.09. The maximum Gasteiger partial charge on any atom is 0.305 e. The Balaban J connectivity index is 1.04. The van der Waals surface area contributed by atoms with E-state index in [4.69, 9.17) is 73.0 Å². The number of carbonyl (C=O) groups excluding carboxylic acids is 11. The fourth-order valence-corrected chi connectivity index (χ4v) is 13.0. The molecule has 1 aromatic rings. The Morgan fingerprint density at radius 2 is 0.984 bits per heavy atom. The third kappa shape index (κ3) is 56.2. The maximum absolute atomic E-state index is 14.2. The fraction of sp³-hybridized carbons (Fsp3) is 0.765. The summed E-state index contributed by atoms with van der Waals surface area (Å²) in [7, 11) is 0. The molecule has 696 valence electrons. The summed E-state index contributed by atoms with van der Waals surface area (Å²) < 4.78 is 72.2. The number of benzene rings is 1. The lowest BCUT2D eigenvalue weighted by Crippen LogP contribution is -2.54. The molecular weight excluding hydrogens is 1620 g/mol. The molecule has 0 spiro atoms. The van der Waals surface area contributed by atoms with Gasteiger partial charge in [-0.05, 0) is 82.0 Å². The number of nitrogens with zero attached hydrogens (tertiary/aromatic N) is 2. The number of hydrogen-bond acceptors (Lipinski definition) is 30. The molecule has 3 rings (SSSR count). The number of carboxylic acids is 1. The topological polar surface area (TPSA) is 541 Å². The highest BCUT2D eigenvalue weighted by Gasteiger charge is 2.39. The third-order valence-corrected chi connectivity index (χ3v) is 19.5. The summed E-state index contributed by atoms with van der Waals surface area (Å²) >= 11 is 1.24. The molecule has 2 aliphatic rings. The monoisotopic (exact) mass is 1760 g/mol. The highest BCUT2D eigenvalue weighted by Crippen LogP contribution is 2.26. The van der Waals surface area contributed by atoms with Gasteiger partial charge in [-0.3, -0.25) is 67.4 Å². The molecule has 40 nitrogen and oxygen atoms in total. The van der Waals surface area contributed by atoms with Crippen LogP contribution in [0.4, 0.5) is 0 Å². The van der Waals surface area contributed by atoms with Crippen molar-refractivity contribution in [1.29, 1.82) is 0 Å². The first-order valence-corrected chi connectivity index (χ1v) is 43.5. The molecule has 0 aliphatic carbocycles. The number of likely N-dealkylation sites (tertiary alicyclic amines) is 1. The number of aromatic hydroxyl groups is 1. The number of amides is 9. The van der Waals surface area contributed by atoms with Crippen molar-refractivity contribution in [2.45, 2.75) is 159 Å². The van der Waals surface area contributed by atoms with E-state index in [-0.39, 0.29) is 149 Å². The van der Waals surface area contributed by atoms with Crippen molar-refractivity contribution in [2.75, 3.05) is 230 Å². The summed E-state index contributed by atoms with van der Waals surface area (Å²) in [5, 5.41) is 43.9. The van der Waals surface area contributed by atoms with E-state index in [2.05, 4.69) is 52.8 Å². The van der Waals surface area contributed by atoms with E-state index in [1.807, 2.05) is 27.7 Å². The summed E-state index contributed by atoms with van der Waals surface area (Å²) in [5.41, 5.74) is 11.5. The maximum atomic E-state index is 14.2. The van der Waals surface area contributed by atoms with E-state index in [9.17, 15) is 67.7 Å². The van der Waals surface area contributed by atoms with Gasteiger partial charge in [0.25, 0.3) is 0 Å². The first-order chi connectivity index (χ1) is 58.9. The number of unbranched alkanes of at least 4 members (excludes halogenated alkanes) is 2. The second-order valence-electron chi connectivity index (χ2n) is 29.1. The Labute approximate surface area is 720 Å². The van der Waals surface area contributed by atoms with E-state index in [1.54, 1.807) is 12.1 Å². The van der Waals surface area contributed by atoms with Crippen LogP contribution in [0, 0.1) is 11.8 Å². The lowest BCUT2D eigenvalue weighted by atomic mass is 9.89. The molecule has 15 N–H and O–H groups in total. The van der Waals surface area contributed by atoms with Crippen molar-refractivity contribution in [2.24, 2.45) is 28.3 Å². The molecule has 2 saturated heterocycles. The van der Waals surface area contributed by atoms with Crippen LogP contribution in [0.2, 0.25) is 0 Å². The molecule has 9 amide bonds. The number of phenolic OH excluding ortho intramolecular Hbond substituents is 1. The SMILES string of the molecule is CC(C)N[C@@H](CCCCNC(=O)CCOCCNC(=O)CCN1C(=O)CC(SCCC(=O)NCCOCCOCCOCCOCCOCCOCCOCCOCCOCCOCCOCCOCCNCCCC[C@@H]2NC(=O)[C@H](CCCN=C(N)N)NC(=O)CNC(=O)[C@H](CC(=O)O)NC(=O)[C@H](Cc3ccc(O)cc3)CC2=O)C1=O)C(=O)C(C)C. The normalized spacial score (nSPS) is 17.0. The number of ketones is 2. The smallest absolute Gasteiger partial charge is 0.305 e. The highest BCUT2D eigenvalue weighted by atomic mass is 32.2. The van der Waals surface area contributed by atoms with E-state index in [0.717, 1.165) is 17.7 Å². The zero-order chi connectivity index (χ0) is 89.0. The number of nitrogens with two attached hydrogens (primary N) is 2. The van der Waals surface area contributed by atoms with Gasteiger partial charge in [0.15, 0.2) is 17.5 Å². The molecule has 0 saturated carbocycles. The number of imide groups is 1. The second kappa shape index (κ2) is 70.5. The summed E-state index contributed by atoms with van der Waals surface area (Å²) in [4.78, 5) is 160. The number of ether oxygens (including phenoxy) is 13. The second-order valence-corrected chi connectivity index (χ2v) is 30.4. The van der Waals surface area contributed by atoms with Crippen molar-refractivity contribution in [1.82, 2.24) is 52.8 Å². The largest absolute Gasteiger partial charge is 0.508 e. The van der Waals surface area contributed by atoms with Gasteiger partial charge in [-0.25, -0.2) is 0 Å². The molecule has 0 bridgehead atoms. The van der Waals surface area contributed by atoms with Gasteiger partial charge in [0.2, 0.25) is 53.2 Å². The van der Waals surface area contributed by atoms with Gasteiger partial charge in [0.05, 0.1) is 202 Å². The van der Waals surface area contributed by atoms with Crippen molar-refractivity contribution >= 4 is 88.4 Å². The number of guanidine groups is 1. The van der Waals surface area contributed by atoms with Crippen molar-refractivity contribution in [3.05, 3.63) is 29.8 Å². The molecule has 2 heterocycles. The van der Waals surface area contributed by atoms with E-state index in [0.29, 0.717) is 215 Å². The Bertz CT molecular complexity index is 3150. The third-order valence-electron chi connectivity index (χ3n) is 18.3. The number of hydrogen-bond donors (Lipinski definition) is 13. The number of carboxylic acid groups (broad SMARTS) is 1. The standard InChI is InChI=1S/C81H139N13O27S/c1-59(2)76(104)65(90-60(3)4)11-6-8-21-85-71(98)18-27-109-29-24-86-70(97)17-26-94-74(101)57-69(80(94)108)122-53-19-72(99)87-25-30-111-32-34-113-36-38-115-40-42-117-44-46-119-48-50-121-52-51-120-49-47-118-45-43-116-41-39-114-37-35-112-33-31-110-28-23-84-20-7-5-10-64-68(96)55-62(54-61-13-15-63(95)16-14-61)77(105)93-67(56-75(102)103)78(106)89-58-73(100)91-66(79(107)92-64)12-9-22-88-81(82)83/h13-16,59-60,62,64-67,69,84,90,95H,5-12,17-58H2,1-4H3,(H,85,98)(H,86,97)(H,87,99)(H,89,106)(H,91,100)(H,92,107)(H,93,105)(H,102,103)(H4,82,83,88)/t62-,64+,65+,66+,67+,69?/m1/s1. The fourth-order valence-electron chi connectivity index (χ4n) is 11.9. The lowest BCUT2D eigenvalue weighted by Gasteiger charge is -2.25. The van der Waals surface area contributed by atoms with Gasteiger partial charge in [-0.15, -0.1) is 11.8 Å². The number of aliphatic imine (C=N–C) groups is 1. The molecule has 41 heteroatoms. The minimum atomic E-state index is -1.60. The van der Waals surface area contributed by atoms with Gasteiger partial charge in [0.1, 0.15) is 17.8 Å². The van der Waals surface area contributed by atoms with Gasteiger partial charge in [-0.1, -0.05) is 39.8 Å². The number of thioether (sulfide) groups is 1. The quantitative estimate of drug-likeness (QED) is 0.0157. The molecule has 1 aromatic carbocycles. The predicted molar refractivity (Wildman–Crippen MR) is 449 cm³/mol. The van der Waals surface area contributed by atoms with Crippen molar-refractivity contribution in [3.63, 3.8) is 0 Å². The minimum absolute atomic E-state index is 0.00696. The van der Waals surface area contributed by atoms with Crippen LogP contribution in [0.1, 0.15) is 123 Å². The van der Waals surface area contributed by atoms with E-state index in [1.165, 1.54) is 23.9 Å². The Morgan fingerprint density at radius 3 is 1.49 bits per heavy atom. The average Bonchev–Trinajstić information content (AvgIpc) is 1.65. The van der Waals surface area contributed by atoms with Gasteiger partial charge in [0, 0.05) is 95.0 Å². The summed E-state index contributed by atoms with van der Waals surface area (Å²) in [5.74, 6) is -7.37. The van der Waals surface area contributed by atoms with Gasteiger partial charge in [-0.2, -0.15) is 0 Å². The van der Waals surface area contributed by atoms with Crippen LogP contribution in [0.25, 0.3) is 0 Å². The minimum Gasteiger partial charge on any atom is -0.508 e. The van der Waals surface area contributed by atoms with Gasteiger partial charge >= 0.3 is 5.97 Å². The van der Waals surface area contributed by atoms with Crippen LogP contribution in [0.5, 0.6) is 5.75 Å². The number of rotatable bonds is 74. The highest BCUT2D eigenvalue weighted by molar-refractivity contribution is 8.00. The first kappa shape index (κ1) is 108.